The molecule has 1 saturated carbocycles. The molecule has 2 N–H and O–H groups in total. The number of carbonyl (C=O) groups is 2. The van der Waals surface area contributed by atoms with Crippen molar-refractivity contribution >= 4 is 11.9 Å². The van der Waals surface area contributed by atoms with Gasteiger partial charge >= 0.3 is 5.97 Å². The van der Waals surface area contributed by atoms with E-state index in [0.29, 0.717) is 19.5 Å². The summed E-state index contributed by atoms with van der Waals surface area (Å²) in [4.78, 5) is 26.4. The number of halogens is 2. The van der Waals surface area contributed by atoms with Crippen LogP contribution in [0.2, 0.25) is 0 Å². The molecule has 0 spiro atoms. The second kappa shape index (κ2) is 11.5. The van der Waals surface area contributed by atoms with Crippen molar-refractivity contribution in [2.45, 2.75) is 82.7 Å². The summed E-state index contributed by atoms with van der Waals surface area (Å²) in [6.07, 6.45) is 5.40. The van der Waals surface area contributed by atoms with Crippen molar-refractivity contribution in [3.63, 3.8) is 0 Å². The molecule has 0 bridgehead atoms. The number of carboxylic acids is 1. The lowest BCUT2D eigenvalue weighted by atomic mass is 10.0. The fourth-order valence-corrected chi connectivity index (χ4v) is 5.48. The molecule has 1 aliphatic carbocycles. The number of nitrogens with zero attached hydrogens (tertiary/aromatic N) is 3. The van der Waals surface area contributed by atoms with Gasteiger partial charge in [-0.05, 0) is 50.3 Å². The standard InChI is InChI=1S/C27H36F2N4O3/c1-2-19-8-3-6-11-22(19)24-17-23(31-33(24)21-9-4-5-10-21)26(36)30-20(16-25(34)35)12-15-32-14-7-13-27(28,29)18-32/h3,6,8,11,17,20-21H,2,4-5,7,9-10,12-16,18H2,1H3,(H,30,36)(H,34,35)/t20-/m0/s1. The number of aromatic nitrogens is 2. The highest BCUT2D eigenvalue weighted by Gasteiger charge is 2.35. The molecule has 2 fully saturated rings. The van der Waals surface area contributed by atoms with Crippen LogP contribution >= 0.6 is 0 Å². The number of alkyl halides is 2. The summed E-state index contributed by atoms with van der Waals surface area (Å²) >= 11 is 0. The zero-order valence-electron chi connectivity index (χ0n) is 20.9. The van der Waals surface area contributed by atoms with Gasteiger partial charge in [0.25, 0.3) is 11.8 Å². The van der Waals surface area contributed by atoms with Crippen molar-refractivity contribution in [3.05, 3.63) is 41.6 Å². The van der Waals surface area contributed by atoms with E-state index in [0.717, 1.165) is 43.4 Å². The lowest BCUT2D eigenvalue weighted by molar-refractivity contribution is -0.137. The molecule has 36 heavy (non-hydrogen) atoms. The Labute approximate surface area is 210 Å². The van der Waals surface area contributed by atoms with Crippen molar-refractivity contribution in [3.8, 4) is 11.3 Å². The van der Waals surface area contributed by atoms with Crippen molar-refractivity contribution in [1.29, 1.82) is 0 Å². The molecule has 1 aromatic heterocycles. The van der Waals surface area contributed by atoms with Gasteiger partial charge in [-0.15, -0.1) is 0 Å². The number of carbonyl (C=O) groups excluding carboxylic acids is 1. The number of rotatable bonds is 10. The minimum atomic E-state index is -2.72. The smallest absolute Gasteiger partial charge is 0.305 e. The molecule has 1 amide bonds. The van der Waals surface area contributed by atoms with Crippen LogP contribution in [0.3, 0.4) is 0 Å². The molecule has 1 saturated heterocycles. The molecule has 2 aromatic rings. The maximum Gasteiger partial charge on any atom is 0.305 e. The van der Waals surface area contributed by atoms with Gasteiger partial charge in [-0.1, -0.05) is 44.0 Å². The number of carboxylic acid groups (broad SMARTS) is 1. The number of aliphatic carboxylic acids is 1. The van der Waals surface area contributed by atoms with E-state index in [1.54, 1.807) is 11.0 Å². The summed E-state index contributed by atoms with van der Waals surface area (Å²) < 4.78 is 29.5. The minimum absolute atomic E-state index is 0.119. The van der Waals surface area contributed by atoms with Gasteiger partial charge in [0.05, 0.1) is 24.7 Å². The van der Waals surface area contributed by atoms with Gasteiger partial charge in [-0.25, -0.2) is 8.78 Å². The van der Waals surface area contributed by atoms with Gasteiger partial charge in [0.15, 0.2) is 5.69 Å². The van der Waals surface area contributed by atoms with Crippen molar-refractivity contribution in [2.24, 2.45) is 0 Å². The predicted molar refractivity (Wildman–Crippen MR) is 133 cm³/mol. The van der Waals surface area contributed by atoms with Gasteiger partial charge in [0.2, 0.25) is 0 Å². The molecular weight excluding hydrogens is 466 g/mol. The number of nitrogens with one attached hydrogen (secondary N) is 1. The van der Waals surface area contributed by atoms with E-state index >= 15 is 0 Å². The van der Waals surface area contributed by atoms with E-state index < -0.39 is 23.8 Å². The molecule has 0 unspecified atom stereocenters. The van der Waals surface area contributed by atoms with Crippen LogP contribution in [0.5, 0.6) is 0 Å². The number of hydrogen-bond acceptors (Lipinski definition) is 4. The topological polar surface area (TPSA) is 87.5 Å². The number of amides is 1. The molecular formula is C27H36F2N4O3. The highest BCUT2D eigenvalue weighted by atomic mass is 19.3. The lowest BCUT2D eigenvalue weighted by Gasteiger charge is -2.33. The highest BCUT2D eigenvalue weighted by molar-refractivity contribution is 5.94. The Morgan fingerprint density at radius 2 is 1.97 bits per heavy atom. The zero-order valence-corrected chi connectivity index (χ0v) is 20.9. The Kier molecular flexibility index (Phi) is 8.39. The van der Waals surface area contributed by atoms with E-state index in [-0.39, 0.29) is 37.5 Å². The summed E-state index contributed by atoms with van der Waals surface area (Å²) in [5.41, 5.74) is 3.37. The first-order valence-electron chi connectivity index (χ1n) is 13.1. The Bertz CT molecular complexity index is 1070. The first-order valence-corrected chi connectivity index (χ1v) is 13.1. The Morgan fingerprint density at radius 1 is 1.22 bits per heavy atom. The molecule has 0 radical (unpaired) electrons. The molecule has 2 heterocycles. The third-order valence-electron chi connectivity index (χ3n) is 7.33. The summed E-state index contributed by atoms with van der Waals surface area (Å²) in [6, 6.07) is 9.45. The third-order valence-corrected chi connectivity index (χ3v) is 7.33. The summed E-state index contributed by atoms with van der Waals surface area (Å²) in [6.45, 7) is 2.62. The Morgan fingerprint density at radius 3 is 2.67 bits per heavy atom. The van der Waals surface area contributed by atoms with Crippen LogP contribution in [-0.2, 0) is 11.2 Å². The molecule has 1 atom stereocenters. The van der Waals surface area contributed by atoms with Gasteiger partial charge in [0.1, 0.15) is 0 Å². The molecule has 196 valence electrons. The average molecular weight is 503 g/mol. The molecule has 4 rings (SSSR count). The fourth-order valence-electron chi connectivity index (χ4n) is 5.48. The van der Waals surface area contributed by atoms with Crippen LogP contribution in [0.15, 0.2) is 30.3 Å². The van der Waals surface area contributed by atoms with Crippen molar-refractivity contribution in [1.82, 2.24) is 20.0 Å². The van der Waals surface area contributed by atoms with E-state index in [1.165, 1.54) is 5.56 Å². The minimum Gasteiger partial charge on any atom is -0.481 e. The first-order chi connectivity index (χ1) is 17.3. The average Bonchev–Trinajstić information content (AvgIpc) is 3.51. The summed E-state index contributed by atoms with van der Waals surface area (Å²) in [5.74, 6) is -4.20. The Hall–Kier alpha value is -2.81. The quantitative estimate of drug-likeness (QED) is 0.482. The monoisotopic (exact) mass is 502 g/mol. The maximum absolute atomic E-state index is 13.8. The zero-order chi connectivity index (χ0) is 25.7. The SMILES string of the molecule is CCc1ccccc1-c1cc(C(=O)N[C@@H](CCN2CCCC(F)(F)C2)CC(=O)O)nn1C1CCCC1. The number of aryl methyl sites for hydroxylation is 1. The normalized spacial score (nSPS) is 19.3. The van der Waals surface area contributed by atoms with Gasteiger partial charge in [-0.3, -0.25) is 19.2 Å². The second-order valence-electron chi connectivity index (χ2n) is 10.1. The molecule has 7 nitrogen and oxygen atoms in total. The van der Waals surface area contributed by atoms with E-state index in [2.05, 4.69) is 18.3 Å². The fraction of sp³-hybridized carbons (Fsp3) is 0.593. The van der Waals surface area contributed by atoms with Gasteiger partial charge in [-0.2, -0.15) is 5.10 Å². The molecule has 1 aliphatic heterocycles. The number of likely N-dealkylation sites (tertiary alicyclic amines) is 1. The first kappa shape index (κ1) is 26.3. The maximum atomic E-state index is 13.8. The predicted octanol–water partition coefficient (Wildman–Crippen LogP) is 4.92. The lowest BCUT2D eigenvalue weighted by Crippen LogP contribution is -2.45. The molecule has 9 heteroatoms. The van der Waals surface area contributed by atoms with E-state index in [4.69, 9.17) is 5.10 Å². The Balaban J connectivity index is 1.52. The third kappa shape index (κ3) is 6.49. The van der Waals surface area contributed by atoms with E-state index in [9.17, 15) is 23.5 Å². The van der Waals surface area contributed by atoms with Crippen LogP contribution in [0.25, 0.3) is 11.3 Å². The number of benzene rings is 1. The van der Waals surface area contributed by atoms with Crippen LogP contribution in [0.1, 0.15) is 80.4 Å². The highest BCUT2D eigenvalue weighted by Crippen LogP contribution is 2.35. The summed E-state index contributed by atoms with van der Waals surface area (Å²) in [7, 11) is 0. The summed E-state index contributed by atoms with van der Waals surface area (Å²) in [5, 5.41) is 16.9. The van der Waals surface area contributed by atoms with Crippen molar-refractivity contribution < 1.29 is 23.5 Å². The van der Waals surface area contributed by atoms with Crippen LogP contribution in [0.4, 0.5) is 8.78 Å². The second-order valence-corrected chi connectivity index (χ2v) is 10.1. The van der Waals surface area contributed by atoms with E-state index in [1.807, 2.05) is 22.9 Å². The van der Waals surface area contributed by atoms with Gasteiger partial charge < -0.3 is 10.4 Å². The van der Waals surface area contributed by atoms with Crippen LogP contribution < -0.4 is 5.32 Å². The van der Waals surface area contributed by atoms with Gasteiger partial charge in [0, 0.05) is 24.6 Å². The number of piperidine rings is 1. The number of hydrogen-bond donors (Lipinski definition) is 2. The van der Waals surface area contributed by atoms with Crippen LogP contribution in [-0.4, -0.2) is 63.3 Å². The van der Waals surface area contributed by atoms with Crippen LogP contribution in [0, 0.1) is 0 Å². The van der Waals surface area contributed by atoms with Crippen molar-refractivity contribution in [2.75, 3.05) is 19.6 Å². The largest absolute Gasteiger partial charge is 0.481 e. The molecule has 2 aliphatic rings. The molecule has 1 aromatic carbocycles.